The number of nitrogens with two attached hydrogens (primary N) is 1. The molecule has 2 atom stereocenters. The van der Waals surface area contributed by atoms with Crippen molar-refractivity contribution in [2.45, 2.75) is 45.1 Å². The van der Waals surface area contributed by atoms with Gasteiger partial charge in [0.05, 0.1) is 0 Å². The molecular formula is C17H25ClN2O. The van der Waals surface area contributed by atoms with Crippen LogP contribution in [0.3, 0.4) is 0 Å². The summed E-state index contributed by atoms with van der Waals surface area (Å²) in [6.07, 6.45) is 5.62. The van der Waals surface area contributed by atoms with E-state index >= 15 is 0 Å². The number of aryl methyl sites for hydroxylation is 1. The Hall–Kier alpha value is -1.06. The van der Waals surface area contributed by atoms with Gasteiger partial charge < -0.3 is 11.1 Å². The summed E-state index contributed by atoms with van der Waals surface area (Å²) in [5, 5.41) is 3.08. The minimum absolute atomic E-state index is 0. The molecule has 1 amide bonds. The first-order chi connectivity index (χ1) is 9.63. The molecule has 0 spiro atoms. The van der Waals surface area contributed by atoms with Crippen LogP contribution in [0.2, 0.25) is 0 Å². The molecular weight excluding hydrogens is 284 g/mol. The Morgan fingerprint density at radius 3 is 2.52 bits per heavy atom. The smallest absolute Gasteiger partial charge is 0.227 e. The Balaban J connectivity index is 0.00000161. The van der Waals surface area contributed by atoms with Crippen LogP contribution in [0.1, 0.15) is 37.7 Å². The van der Waals surface area contributed by atoms with Gasteiger partial charge in [0, 0.05) is 17.6 Å². The molecule has 2 fully saturated rings. The van der Waals surface area contributed by atoms with Crippen molar-refractivity contribution >= 4 is 24.0 Å². The molecule has 0 aliphatic heterocycles. The van der Waals surface area contributed by atoms with Crippen LogP contribution in [-0.4, -0.2) is 11.9 Å². The standard InChI is InChI=1S/C17H24N2O.ClH/c1-11-4-2-7-15(8-11)19-17(20)14-9-12-5-3-6-13(10-14)16(12)18;/h2,4,7-8,12-14,16H,3,5-6,9-10,18H2,1H3,(H,19,20);1H. The van der Waals surface area contributed by atoms with E-state index in [1.54, 1.807) is 0 Å². The molecule has 4 heteroatoms. The van der Waals surface area contributed by atoms with Crippen molar-refractivity contribution < 1.29 is 4.79 Å². The molecule has 0 heterocycles. The lowest BCUT2D eigenvalue weighted by Crippen LogP contribution is -2.48. The van der Waals surface area contributed by atoms with Crippen LogP contribution < -0.4 is 11.1 Å². The average Bonchev–Trinajstić information content (AvgIpc) is 2.38. The van der Waals surface area contributed by atoms with Crippen molar-refractivity contribution in [3.05, 3.63) is 29.8 Å². The Bertz CT molecular complexity index is 491. The van der Waals surface area contributed by atoms with E-state index in [0.29, 0.717) is 17.9 Å². The second kappa shape index (κ2) is 6.80. The van der Waals surface area contributed by atoms with Crippen molar-refractivity contribution in [3.8, 4) is 0 Å². The maximum Gasteiger partial charge on any atom is 0.227 e. The Morgan fingerprint density at radius 1 is 1.24 bits per heavy atom. The number of nitrogens with one attached hydrogen (secondary N) is 1. The van der Waals surface area contributed by atoms with Crippen molar-refractivity contribution in [2.75, 3.05) is 5.32 Å². The lowest BCUT2D eigenvalue weighted by Gasteiger charge is -2.43. The summed E-state index contributed by atoms with van der Waals surface area (Å²) >= 11 is 0. The number of fused-ring (bicyclic) bond motifs is 2. The second-order valence-corrected chi connectivity index (χ2v) is 6.56. The van der Waals surface area contributed by atoms with Crippen LogP contribution in [0.15, 0.2) is 24.3 Å². The molecule has 1 aromatic carbocycles. The molecule has 2 saturated carbocycles. The van der Waals surface area contributed by atoms with Gasteiger partial charge in [0.25, 0.3) is 0 Å². The summed E-state index contributed by atoms with van der Waals surface area (Å²) in [5.74, 6) is 1.43. The van der Waals surface area contributed by atoms with Gasteiger partial charge in [-0.3, -0.25) is 4.79 Å². The fraction of sp³-hybridized carbons (Fsp3) is 0.588. The number of carbonyl (C=O) groups is 1. The van der Waals surface area contributed by atoms with Crippen LogP contribution in [0.4, 0.5) is 5.69 Å². The molecule has 2 aliphatic carbocycles. The van der Waals surface area contributed by atoms with Crippen LogP contribution in [0.5, 0.6) is 0 Å². The molecule has 2 aliphatic rings. The molecule has 3 nitrogen and oxygen atoms in total. The molecule has 0 aromatic heterocycles. The van der Waals surface area contributed by atoms with Gasteiger partial charge in [0.2, 0.25) is 5.91 Å². The molecule has 116 valence electrons. The molecule has 2 unspecified atom stereocenters. The fourth-order valence-electron chi connectivity index (χ4n) is 3.97. The first-order valence-electron chi connectivity index (χ1n) is 7.76. The number of rotatable bonds is 2. The number of amides is 1. The summed E-state index contributed by atoms with van der Waals surface area (Å²) in [6.45, 7) is 2.04. The average molecular weight is 309 g/mol. The largest absolute Gasteiger partial charge is 0.327 e. The van der Waals surface area contributed by atoms with Gasteiger partial charge in [-0.15, -0.1) is 12.4 Å². The van der Waals surface area contributed by atoms with Crippen LogP contribution >= 0.6 is 12.4 Å². The molecule has 2 bridgehead atoms. The van der Waals surface area contributed by atoms with Crippen LogP contribution in [0, 0.1) is 24.7 Å². The van der Waals surface area contributed by atoms with Crippen LogP contribution in [0.25, 0.3) is 0 Å². The first-order valence-corrected chi connectivity index (χ1v) is 7.76. The SMILES string of the molecule is Cc1cccc(NC(=O)C2CC3CCCC(C2)C3N)c1.Cl. The van der Waals surface area contributed by atoms with Crippen molar-refractivity contribution in [1.29, 1.82) is 0 Å². The molecule has 3 rings (SSSR count). The van der Waals surface area contributed by atoms with E-state index in [4.69, 9.17) is 5.73 Å². The number of hydrogen-bond acceptors (Lipinski definition) is 2. The molecule has 21 heavy (non-hydrogen) atoms. The van der Waals surface area contributed by atoms with Gasteiger partial charge in [-0.1, -0.05) is 18.6 Å². The zero-order chi connectivity index (χ0) is 14.1. The van der Waals surface area contributed by atoms with Crippen molar-refractivity contribution in [2.24, 2.45) is 23.5 Å². The van der Waals surface area contributed by atoms with Gasteiger partial charge in [0.1, 0.15) is 0 Å². The van der Waals surface area contributed by atoms with E-state index in [9.17, 15) is 4.79 Å². The van der Waals surface area contributed by atoms with Crippen molar-refractivity contribution in [1.82, 2.24) is 0 Å². The number of hydrogen-bond donors (Lipinski definition) is 2. The minimum Gasteiger partial charge on any atom is -0.327 e. The Labute approximate surface area is 133 Å². The van der Waals surface area contributed by atoms with Gasteiger partial charge in [-0.05, 0) is 62.1 Å². The zero-order valence-corrected chi connectivity index (χ0v) is 13.4. The molecule has 0 radical (unpaired) electrons. The summed E-state index contributed by atoms with van der Waals surface area (Å²) in [4.78, 5) is 12.5. The number of anilines is 1. The third-order valence-corrected chi connectivity index (χ3v) is 5.07. The Kier molecular flexibility index (Phi) is 5.28. The molecule has 1 aromatic rings. The lowest BCUT2D eigenvalue weighted by atomic mass is 9.65. The first kappa shape index (κ1) is 16.3. The topological polar surface area (TPSA) is 55.1 Å². The van der Waals surface area contributed by atoms with Crippen LogP contribution in [-0.2, 0) is 4.79 Å². The highest BCUT2D eigenvalue weighted by atomic mass is 35.5. The van der Waals surface area contributed by atoms with Gasteiger partial charge >= 0.3 is 0 Å². The fourth-order valence-corrected chi connectivity index (χ4v) is 3.97. The summed E-state index contributed by atoms with van der Waals surface area (Å²) < 4.78 is 0. The third-order valence-electron chi connectivity index (χ3n) is 5.07. The van der Waals surface area contributed by atoms with Gasteiger partial charge in [0.15, 0.2) is 0 Å². The maximum atomic E-state index is 12.5. The number of carbonyl (C=O) groups excluding carboxylic acids is 1. The normalized spacial score (nSPS) is 31.1. The predicted octanol–water partition coefficient (Wildman–Crippen LogP) is 3.51. The van der Waals surface area contributed by atoms with E-state index in [1.165, 1.54) is 24.8 Å². The zero-order valence-electron chi connectivity index (χ0n) is 12.5. The lowest BCUT2D eigenvalue weighted by molar-refractivity contribution is -0.122. The quantitative estimate of drug-likeness (QED) is 0.878. The van der Waals surface area contributed by atoms with E-state index in [1.807, 2.05) is 31.2 Å². The maximum absolute atomic E-state index is 12.5. The van der Waals surface area contributed by atoms with E-state index in [0.717, 1.165) is 18.5 Å². The minimum atomic E-state index is 0. The van der Waals surface area contributed by atoms with Gasteiger partial charge in [-0.25, -0.2) is 0 Å². The number of halogens is 1. The monoisotopic (exact) mass is 308 g/mol. The number of benzene rings is 1. The highest BCUT2D eigenvalue weighted by Gasteiger charge is 2.40. The van der Waals surface area contributed by atoms with E-state index in [2.05, 4.69) is 5.32 Å². The van der Waals surface area contributed by atoms with E-state index < -0.39 is 0 Å². The molecule has 3 N–H and O–H groups in total. The van der Waals surface area contributed by atoms with Gasteiger partial charge in [-0.2, -0.15) is 0 Å². The van der Waals surface area contributed by atoms with E-state index in [-0.39, 0.29) is 24.2 Å². The molecule has 0 saturated heterocycles. The predicted molar refractivity (Wildman–Crippen MR) is 88.6 cm³/mol. The highest BCUT2D eigenvalue weighted by molar-refractivity contribution is 5.92. The summed E-state index contributed by atoms with van der Waals surface area (Å²) in [7, 11) is 0. The summed E-state index contributed by atoms with van der Waals surface area (Å²) in [5.41, 5.74) is 8.37. The second-order valence-electron chi connectivity index (χ2n) is 6.56. The Morgan fingerprint density at radius 2 is 1.90 bits per heavy atom. The van der Waals surface area contributed by atoms with Crippen molar-refractivity contribution in [3.63, 3.8) is 0 Å². The third kappa shape index (κ3) is 3.58. The highest BCUT2D eigenvalue weighted by Crippen LogP contribution is 2.42. The summed E-state index contributed by atoms with van der Waals surface area (Å²) in [6, 6.07) is 8.33.